The van der Waals surface area contributed by atoms with E-state index in [4.69, 9.17) is 4.52 Å². The van der Waals surface area contributed by atoms with Crippen molar-refractivity contribution in [1.82, 2.24) is 24.9 Å². The molecule has 0 saturated carbocycles. The molecule has 3 aromatic rings. The fraction of sp³-hybridized carbons (Fsp3) is 0.333. The van der Waals surface area contributed by atoms with Gasteiger partial charge in [0.1, 0.15) is 16.0 Å². The fourth-order valence-electron chi connectivity index (χ4n) is 2.23. The Labute approximate surface area is 140 Å². The molecular weight excluding hydrogens is 330 g/mol. The number of H-pyrrole nitrogens is 1. The topological polar surface area (TPSA) is 107 Å². The van der Waals surface area contributed by atoms with Gasteiger partial charge in [0, 0.05) is 12.1 Å². The molecule has 2 unspecified atom stereocenters. The maximum atomic E-state index is 12.7. The molecule has 1 aromatic carbocycles. The second-order valence-electron chi connectivity index (χ2n) is 5.22. The van der Waals surface area contributed by atoms with Crippen molar-refractivity contribution in [2.24, 2.45) is 0 Å². The van der Waals surface area contributed by atoms with Crippen molar-refractivity contribution in [1.29, 1.82) is 0 Å². The van der Waals surface area contributed by atoms with Crippen LogP contribution >= 0.6 is 0 Å². The van der Waals surface area contributed by atoms with E-state index in [1.807, 2.05) is 37.3 Å². The van der Waals surface area contributed by atoms with Crippen LogP contribution in [0.3, 0.4) is 0 Å². The first kappa shape index (κ1) is 16.3. The van der Waals surface area contributed by atoms with Crippen LogP contribution in [0.2, 0.25) is 0 Å². The van der Waals surface area contributed by atoms with Crippen LogP contribution in [0, 0.1) is 0 Å². The van der Waals surface area contributed by atoms with Gasteiger partial charge in [-0.2, -0.15) is 4.98 Å². The minimum atomic E-state index is -1.59. The number of aromatic nitrogens is 5. The molecule has 8 nitrogen and oxygen atoms in total. The molecule has 126 valence electrons. The first-order chi connectivity index (χ1) is 11.6. The Morgan fingerprint density at radius 3 is 2.79 bits per heavy atom. The molecule has 0 aliphatic heterocycles. The van der Waals surface area contributed by atoms with E-state index in [9.17, 15) is 9.00 Å². The number of rotatable bonds is 6. The van der Waals surface area contributed by atoms with E-state index in [-0.39, 0.29) is 16.7 Å². The molecule has 0 aliphatic rings. The summed E-state index contributed by atoms with van der Waals surface area (Å²) in [5, 5.41) is 9.76. The lowest BCUT2D eigenvalue weighted by Crippen LogP contribution is -2.20. The van der Waals surface area contributed by atoms with Crippen molar-refractivity contribution in [3.8, 4) is 11.4 Å². The molecule has 0 aliphatic carbocycles. The first-order valence-corrected chi connectivity index (χ1v) is 8.78. The molecule has 0 saturated heterocycles. The lowest BCUT2D eigenvalue weighted by Gasteiger charge is -2.07. The van der Waals surface area contributed by atoms with Gasteiger partial charge in [0.25, 0.3) is 0 Å². The first-order valence-electron chi connectivity index (χ1n) is 7.56. The van der Waals surface area contributed by atoms with Crippen molar-refractivity contribution in [2.75, 3.05) is 0 Å². The lowest BCUT2D eigenvalue weighted by molar-refractivity contribution is 0.379. The second kappa shape index (κ2) is 6.91. The molecule has 0 spiro atoms. The normalized spacial score (nSPS) is 13.8. The molecule has 9 heteroatoms. The molecule has 2 aromatic heterocycles. The van der Waals surface area contributed by atoms with E-state index in [0.717, 1.165) is 12.0 Å². The summed E-state index contributed by atoms with van der Waals surface area (Å²) in [6.45, 7) is 4.08. The predicted octanol–water partition coefficient (Wildman–Crippen LogP) is 1.90. The van der Waals surface area contributed by atoms with Crippen LogP contribution in [0.5, 0.6) is 0 Å². The molecular formula is C15H17N5O3S. The maximum absolute atomic E-state index is 12.7. The Kier molecular flexibility index (Phi) is 4.70. The number of benzene rings is 1. The summed E-state index contributed by atoms with van der Waals surface area (Å²) in [6.07, 6.45) is 0.733. The number of nitrogens with one attached hydrogen (secondary N) is 1. The zero-order chi connectivity index (χ0) is 17.1. The van der Waals surface area contributed by atoms with Gasteiger partial charge >= 0.3 is 5.69 Å². The highest BCUT2D eigenvalue weighted by atomic mass is 32.2. The van der Waals surface area contributed by atoms with E-state index < -0.39 is 16.0 Å². The van der Waals surface area contributed by atoms with E-state index in [2.05, 4.69) is 20.3 Å². The minimum absolute atomic E-state index is 0.189. The molecule has 24 heavy (non-hydrogen) atoms. The maximum Gasteiger partial charge on any atom is 0.344 e. The molecule has 0 bridgehead atoms. The van der Waals surface area contributed by atoms with Crippen molar-refractivity contribution in [3.05, 3.63) is 46.7 Å². The van der Waals surface area contributed by atoms with Gasteiger partial charge in [-0.25, -0.2) is 9.89 Å². The highest BCUT2D eigenvalue weighted by molar-refractivity contribution is 7.85. The van der Waals surface area contributed by atoms with Crippen LogP contribution in [-0.2, 0) is 17.3 Å². The van der Waals surface area contributed by atoms with Crippen LogP contribution in [0.4, 0.5) is 0 Å². The van der Waals surface area contributed by atoms with E-state index >= 15 is 0 Å². The summed E-state index contributed by atoms with van der Waals surface area (Å²) in [7, 11) is -1.59. The van der Waals surface area contributed by atoms with Gasteiger partial charge in [-0.3, -0.25) is 8.78 Å². The highest BCUT2D eigenvalue weighted by Gasteiger charge is 2.26. The zero-order valence-corrected chi connectivity index (χ0v) is 14.1. The van der Waals surface area contributed by atoms with Gasteiger partial charge in [-0.1, -0.05) is 42.4 Å². The van der Waals surface area contributed by atoms with E-state index in [1.54, 1.807) is 6.92 Å². The summed E-state index contributed by atoms with van der Waals surface area (Å²) in [6, 6.07) is 9.37. The van der Waals surface area contributed by atoms with Gasteiger partial charge in [-0.15, -0.1) is 5.10 Å². The summed E-state index contributed by atoms with van der Waals surface area (Å²) >= 11 is 0. The van der Waals surface area contributed by atoms with Gasteiger partial charge in [-0.05, 0) is 13.3 Å². The summed E-state index contributed by atoms with van der Waals surface area (Å²) in [4.78, 5) is 16.1. The van der Waals surface area contributed by atoms with E-state index in [1.165, 1.54) is 4.57 Å². The zero-order valence-electron chi connectivity index (χ0n) is 13.3. The van der Waals surface area contributed by atoms with Crippen LogP contribution < -0.4 is 5.69 Å². The lowest BCUT2D eigenvalue weighted by atomic mass is 10.2. The fourth-order valence-corrected chi connectivity index (χ4v) is 3.35. The standard InChI is InChI=1S/C15H17N5O3S/c1-3-9-20-14(21)17-18-15(20)24(22)10(2)13-16-12(19-23-13)11-7-5-4-6-8-11/h4-8,10H,3,9H2,1-2H3,(H,17,21). The van der Waals surface area contributed by atoms with Crippen LogP contribution in [0.15, 0.2) is 44.8 Å². The SMILES string of the molecule is CCCn1c(S(=O)C(C)c2nc(-c3ccccc3)no2)n[nH]c1=O. The monoisotopic (exact) mass is 347 g/mol. The molecule has 0 fully saturated rings. The van der Waals surface area contributed by atoms with Crippen LogP contribution in [-0.4, -0.2) is 29.1 Å². The van der Waals surface area contributed by atoms with Crippen molar-refractivity contribution in [3.63, 3.8) is 0 Å². The van der Waals surface area contributed by atoms with Crippen molar-refractivity contribution >= 4 is 10.8 Å². The third-order valence-electron chi connectivity index (χ3n) is 3.49. The molecule has 0 amide bonds. The summed E-state index contributed by atoms with van der Waals surface area (Å²) in [5.74, 6) is 0.674. The number of hydrogen-bond donors (Lipinski definition) is 1. The summed E-state index contributed by atoms with van der Waals surface area (Å²) < 4.78 is 19.4. The Balaban J connectivity index is 1.87. The van der Waals surface area contributed by atoms with Gasteiger partial charge < -0.3 is 4.52 Å². The van der Waals surface area contributed by atoms with E-state index in [0.29, 0.717) is 12.4 Å². The van der Waals surface area contributed by atoms with Crippen molar-refractivity contribution in [2.45, 2.75) is 37.2 Å². The molecule has 1 N–H and O–H groups in total. The molecule has 3 rings (SSSR count). The average molecular weight is 347 g/mol. The third kappa shape index (κ3) is 3.07. The minimum Gasteiger partial charge on any atom is -0.338 e. The van der Waals surface area contributed by atoms with Crippen LogP contribution in [0.25, 0.3) is 11.4 Å². The quantitative estimate of drug-likeness (QED) is 0.730. The number of hydrogen-bond acceptors (Lipinski definition) is 6. The van der Waals surface area contributed by atoms with Gasteiger partial charge in [0.2, 0.25) is 16.9 Å². The molecule has 0 radical (unpaired) electrons. The Hall–Kier alpha value is -2.55. The van der Waals surface area contributed by atoms with Crippen molar-refractivity contribution < 1.29 is 8.73 Å². The second-order valence-corrected chi connectivity index (χ2v) is 6.89. The predicted molar refractivity (Wildman–Crippen MR) is 87.7 cm³/mol. The summed E-state index contributed by atoms with van der Waals surface area (Å²) in [5.41, 5.74) is 0.441. The average Bonchev–Trinajstić information content (AvgIpc) is 3.23. The Morgan fingerprint density at radius 1 is 1.33 bits per heavy atom. The van der Waals surface area contributed by atoms with Gasteiger partial charge in [0.05, 0.1) is 0 Å². The largest absolute Gasteiger partial charge is 0.344 e. The number of nitrogens with zero attached hydrogens (tertiary/aromatic N) is 4. The molecule has 2 atom stereocenters. The highest BCUT2D eigenvalue weighted by Crippen LogP contribution is 2.24. The number of aromatic amines is 1. The smallest absolute Gasteiger partial charge is 0.338 e. The Morgan fingerprint density at radius 2 is 2.08 bits per heavy atom. The third-order valence-corrected chi connectivity index (χ3v) is 5.01. The van der Waals surface area contributed by atoms with Gasteiger partial charge in [0.15, 0.2) is 0 Å². The molecule has 2 heterocycles. The Bertz CT molecular complexity index is 899. The van der Waals surface area contributed by atoms with Crippen LogP contribution in [0.1, 0.15) is 31.4 Å².